The molecule has 136 valence electrons. The third kappa shape index (κ3) is 6.74. The maximum Gasteiger partial charge on any atom is 0.188 e. The van der Waals surface area contributed by atoms with Gasteiger partial charge in [0.15, 0.2) is 5.96 Å². The summed E-state index contributed by atoms with van der Waals surface area (Å²) in [6.45, 7) is 5.43. The van der Waals surface area contributed by atoms with E-state index in [2.05, 4.69) is 21.3 Å². The Morgan fingerprint density at radius 1 is 1.42 bits per heavy atom. The van der Waals surface area contributed by atoms with Gasteiger partial charge < -0.3 is 15.8 Å². The van der Waals surface area contributed by atoms with Crippen LogP contribution in [0.4, 0.5) is 0 Å². The van der Waals surface area contributed by atoms with Crippen LogP contribution in [0.25, 0.3) is 0 Å². The quantitative estimate of drug-likeness (QED) is 0.368. The van der Waals surface area contributed by atoms with E-state index in [0.717, 1.165) is 18.1 Å². The van der Waals surface area contributed by atoms with Gasteiger partial charge in [0.25, 0.3) is 0 Å². The molecule has 0 amide bonds. The van der Waals surface area contributed by atoms with Gasteiger partial charge in [0, 0.05) is 18.2 Å². The van der Waals surface area contributed by atoms with Crippen molar-refractivity contribution in [3.8, 4) is 0 Å². The molecule has 24 heavy (non-hydrogen) atoms. The van der Waals surface area contributed by atoms with Crippen LogP contribution in [0, 0.1) is 0 Å². The number of likely N-dealkylation sites (tertiary alicyclic amines) is 1. The second kappa shape index (κ2) is 11.1. The summed E-state index contributed by atoms with van der Waals surface area (Å²) in [6, 6.07) is 8.39. The molecule has 1 aromatic rings. The number of guanidine groups is 1. The van der Waals surface area contributed by atoms with Crippen molar-refractivity contribution in [1.29, 1.82) is 0 Å². The fourth-order valence-electron chi connectivity index (χ4n) is 2.97. The summed E-state index contributed by atoms with van der Waals surface area (Å²) in [5, 5.41) is 3.91. The lowest BCUT2D eigenvalue weighted by molar-refractivity contribution is 0.179. The summed E-state index contributed by atoms with van der Waals surface area (Å²) >= 11 is 6.16. The number of hydrogen-bond acceptors (Lipinski definition) is 3. The van der Waals surface area contributed by atoms with Gasteiger partial charge in [-0.15, -0.1) is 24.0 Å². The molecule has 1 fully saturated rings. The lowest BCUT2D eigenvalue weighted by atomic mass is 10.1. The number of nitrogens with one attached hydrogen (secondary N) is 1. The number of methoxy groups -OCH3 is 1. The minimum Gasteiger partial charge on any atom is -0.383 e. The van der Waals surface area contributed by atoms with E-state index in [1.165, 1.54) is 18.4 Å². The number of hydrogen-bond donors (Lipinski definition) is 2. The predicted octanol–water partition coefficient (Wildman–Crippen LogP) is 3.03. The Morgan fingerprint density at radius 3 is 2.75 bits per heavy atom. The van der Waals surface area contributed by atoms with Crippen molar-refractivity contribution in [2.45, 2.75) is 31.8 Å². The first-order chi connectivity index (χ1) is 11.1. The zero-order valence-electron chi connectivity index (χ0n) is 14.4. The molecule has 2 atom stereocenters. The standard InChI is InChI=1S/C17H27ClN4O.HI/c1-13(12-23-2)21-17(19)20-11-16(22-8-3-4-9-22)14-6-5-7-15(18)10-14;/h5-7,10,13,16H,3-4,8-9,11-12H2,1-2H3,(H3,19,20,21);1H. The molecule has 0 bridgehead atoms. The molecule has 0 spiro atoms. The maximum absolute atomic E-state index is 6.16. The van der Waals surface area contributed by atoms with Crippen LogP contribution in [0.5, 0.6) is 0 Å². The third-order valence-electron chi connectivity index (χ3n) is 4.06. The van der Waals surface area contributed by atoms with E-state index in [1.54, 1.807) is 7.11 Å². The molecule has 2 rings (SSSR count). The van der Waals surface area contributed by atoms with Crippen LogP contribution in [0.2, 0.25) is 5.02 Å². The van der Waals surface area contributed by atoms with E-state index >= 15 is 0 Å². The van der Waals surface area contributed by atoms with Crippen molar-refractivity contribution in [1.82, 2.24) is 10.2 Å². The van der Waals surface area contributed by atoms with Gasteiger partial charge in [-0.05, 0) is 50.6 Å². The minimum atomic E-state index is 0. The molecule has 1 aliphatic heterocycles. The summed E-state index contributed by atoms with van der Waals surface area (Å²) in [6.07, 6.45) is 2.47. The molecule has 0 aromatic heterocycles. The fraction of sp³-hybridized carbons (Fsp3) is 0.588. The molecule has 0 aliphatic carbocycles. The summed E-state index contributed by atoms with van der Waals surface area (Å²) in [5.41, 5.74) is 7.19. The van der Waals surface area contributed by atoms with E-state index in [-0.39, 0.29) is 36.1 Å². The van der Waals surface area contributed by atoms with Crippen LogP contribution in [0.15, 0.2) is 29.3 Å². The Labute approximate surface area is 167 Å². The zero-order valence-corrected chi connectivity index (χ0v) is 17.5. The molecule has 1 heterocycles. The maximum atomic E-state index is 6.16. The summed E-state index contributed by atoms with van der Waals surface area (Å²) in [4.78, 5) is 7.00. The molecule has 0 radical (unpaired) electrons. The summed E-state index contributed by atoms with van der Waals surface area (Å²) < 4.78 is 5.10. The largest absolute Gasteiger partial charge is 0.383 e. The molecule has 3 N–H and O–H groups in total. The molecule has 1 aromatic carbocycles. The number of aliphatic imine (C=N–C) groups is 1. The Balaban J connectivity index is 0.00000288. The summed E-state index contributed by atoms with van der Waals surface area (Å²) in [7, 11) is 1.67. The second-order valence-corrected chi connectivity index (χ2v) is 6.48. The first kappa shape index (κ1) is 21.5. The van der Waals surface area contributed by atoms with Crippen LogP contribution in [0.1, 0.15) is 31.4 Å². The van der Waals surface area contributed by atoms with E-state index < -0.39 is 0 Å². The van der Waals surface area contributed by atoms with E-state index in [4.69, 9.17) is 22.1 Å². The topological polar surface area (TPSA) is 62.9 Å². The molecule has 7 heteroatoms. The molecule has 2 unspecified atom stereocenters. The lowest BCUT2D eigenvalue weighted by Gasteiger charge is -2.27. The molecule has 5 nitrogen and oxygen atoms in total. The second-order valence-electron chi connectivity index (χ2n) is 6.04. The van der Waals surface area contributed by atoms with Gasteiger partial charge in [0.05, 0.1) is 19.2 Å². The van der Waals surface area contributed by atoms with Crippen LogP contribution < -0.4 is 11.1 Å². The zero-order chi connectivity index (χ0) is 16.7. The Bertz CT molecular complexity index is 523. The highest BCUT2D eigenvalue weighted by Crippen LogP contribution is 2.27. The summed E-state index contributed by atoms with van der Waals surface area (Å²) in [5.74, 6) is 0.459. The van der Waals surface area contributed by atoms with Crippen molar-refractivity contribution in [2.75, 3.05) is 33.4 Å². The van der Waals surface area contributed by atoms with Crippen LogP contribution in [-0.2, 0) is 4.74 Å². The fourth-order valence-corrected chi connectivity index (χ4v) is 3.17. The molecule has 1 saturated heterocycles. The van der Waals surface area contributed by atoms with Gasteiger partial charge in [-0.3, -0.25) is 9.89 Å². The third-order valence-corrected chi connectivity index (χ3v) is 4.30. The number of benzene rings is 1. The van der Waals surface area contributed by atoms with Crippen molar-refractivity contribution < 1.29 is 4.74 Å². The lowest BCUT2D eigenvalue weighted by Crippen LogP contribution is -2.41. The highest BCUT2D eigenvalue weighted by atomic mass is 127. The van der Waals surface area contributed by atoms with Crippen LogP contribution in [-0.4, -0.2) is 50.3 Å². The first-order valence-electron chi connectivity index (χ1n) is 8.15. The van der Waals surface area contributed by atoms with Crippen molar-refractivity contribution >= 4 is 41.5 Å². The molecule has 0 saturated carbocycles. The number of ether oxygens (including phenoxy) is 1. The highest BCUT2D eigenvalue weighted by Gasteiger charge is 2.23. The molecular weight excluding hydrogens is 439 g/mol. The smallest absolute Gasteiger partial charge is 0.188 e. The number of nitrogens with zero attached hydrogens (tertiary/aromatic N) is 2. The average Bonchev–Trinajstić information content (AvgIpc) is 3.02. The Hall–Kier alpha value is -0.570. The van der Waals surface area contributed by atoms with Crippen molar-refractivity contribution in [3.05, 3.63) is 34.9 Å². The average molecular weight is 467 g/mol. The molecule has 1 aliphatic rings. The first-order valence-corrected chi connectivity index (χ1v) is 8.53. The van der Waals surface area contributed by atoms with Gasteiger partial charge in [-0.2, -0.15) is 0 Å². The monoisotopic (exact) mass is 466 g/mol. The van der Waals surface area contributed by atoms with Crippen LogP contribution in [0.3, 0.4) is 0 Å². The van der Waals surface area contributed by atoms with Crippen molar-refractivity contribution in [3.63, 3.8) is 0 Å². The predicted molar refractivity (Wildman–Crippen MR) is 111 cm³/mol. The Kier molecular flexibility index (Phi) is 9.95. The highest BCUT2D eigenvalue weighted by molar-refractivity contribution is 14.0. The number of rotatable bonds is 7. The number of nitrogens with two attached hydrogens (primary N) is 1. The van der Waals surface area contributed by atoms with Gasteiger partial charge in [-0.1, -0.05) is 23.7 Å². The van der Waals surface area contributed by atoms with E-state index in [1.807, 2.05) is 25.1 Å². The van der Waals surface area contributed by atoms with Gasteiger partial charge >= 0.3 is 0 Å². The minimum absolute atomic E-state index is 0. The Morgan fingerprint density at radius 2 is 2.12 bits per heavy atom. The van der Waals surface area contributed by atoms with Gasteiger partial charge in [-0.25, -0.2) is 0 Å². The van der Waals surface area contributed by atoms with E-state index in [0.29, 0.717) is 19.1 Å². The van der Waals surface area contributed by atoms with Gasteiger partial charge in [0.1, 0.15) is 0 Å². The SMILES string of the molecule is COCC(C)NC(N)=NCC(c1cccc(Cl)c1)N1CCCC1.I. The molecular formula is C17H28ClIN4O. The van der Waals surface area contributed by atoms with Crippen molar-refractivity contribution in [2.24, 2.45) is 10.7 Å². The normalized spacial score (nSPS) is 18.0. The van der Waals surface area contributed by atoms with Crippen LogP contribution >= 0.6 is 35.6 Å². The van der Waals surface area contributed by atoms with E-state index in [9.17, 15) is 0 Å². The number of halogens is 2. The van der Waals surface area contributed by atoms with Gasteiger partial charge in [0.2, 0.25) is 0 Å².